The molecule has 1 amide bonds. The van der Waals surface area contributed by atoms with Crippen molar-refractivity contribution in [3.8, 4) is 0 Å². The standard InChI is InChI=1S/C13H18N2O4/c1-4-6-19-7-5-14-12(16)10-8(2)11(13(17)18)15-9(10)3/h4,15H,1,5-7H2,2-3H3,(H,14,16)(H,17,18). The number of carbonyl (C=O) groups is 2. The number of rotatable bonds is 7. The second-order valence-electron chi connectivity index (χ2n) is 4.05. The van der Waals surface area contributed by atoms with Gasteiger partial charge in [0.05, 0.1) is 18.8 Å². The van der Waals surface area contributed by atoms with Gasteiger partial charge in [-0.05, 0) is 19.4 Å². The van der Waals surface area contributed by atoms with E-state index in [1.807, 2.05) is 0 Å². The van der Waals surface area contributed by atoms with Crippen LogP contribution >= 0.6 is 0 Å². The minimum absolute atomic E-state index is 0.0468. The Labute approximate surface area is 111 Å². The Morgan fingerprint density at radius 2 is 2.16 bits per heavy atom. The van der Waals surface area contributed by atoms with E-state index in [1.165, 1.54) is 0 Å². The molecule has 0 aliphatic rings. The number of H-pyrrole nitrogens is 1. The van der Waals surface area contributed by atoms with Crippen molar-refractivity contribution in [3.05, 3.63) is 35.2 Å². The van der Waals surface area contributed by atoms with Crippen molar-refractivity contribution in [2.24, 2.45) is 0 Å². The minimum atomic E-state index is -1.08. The van der Waals surface area contributed by atoms with Crippen LogP contribution in [0.2, 0.25) is 0 Å². The van der Waals surface area contributed by atoms with Crippen LogP contribution in [0.5, 0.6) is 0 Å². The minimum Gasteiger partial charge on any atom is -0.477 e. The second-order valence-corrected chi connectivity index (χ2v) is 4.05. The molecule has 104 valence electrons. The first-order valence-corrected chi connectivity index (χ1v) is 5.88. The molecule has 0 radical (unpaired) electrons. The molecule has 3 N–H and O–H groups in total. The van der Waals surface area contributed by atoms with Gasteiger partial charge in [-0.1, -0.05) is 6.08 Å². The van der Waals surface area contributed by atoms with Crippen molar-refractivity contribution in [2.75, 3.05) is 19.8 Å². The van der Waals surface area contributed by atoms with E-state index in [-0.39, 0.29) is 11.6 Å². The first-order valence-electron chi connectivity index (χ1n) is 5.88. The summed E-state index contributed by atoms with van der Waals surface area (Å²) in [4.78, 5) is 25.6. The Morgan fingerprint density at radius 1 is 1.47 bits per heavy atom. The van der Waals surface area contributed by atoms with Crippen LogP contribution in [-0.2, 0) is 4.74 Å². The van der Waals surface area contributed by atoms with Crippen molar-refractivity contribution >= 4 is 11.9 Å². The van der Waals surface area contributed by atoms with E-state index < -0.39 is 5.97 Å². The maximum atomic E-state index is 12.0. The summed E-state index contributed by atoms with van der Waals surface area (Å²) in [6.45, 7) is 7.96. The highest BCUT2D eigenvalue weighted by Gasteiger charge is 2.21. The van der Waals surface area contributed by atoms with Gasteiger partial charge in [-0.15, -0.1) is 6.58 Å². The summed E-state index contributed by atoms with van der Waals surface area (Å²) in [7, 11) is 0. The zero-order valence-electron chi connectivity index (χ0n) is 11.1. The predicted molar refractivity (Wildman–Crippen MR) is 70.6 cm³/mol. The molecule has 0 saturated carbocycles. The molecule has 0 saturated heterocycles. The number of carboxylic acid groups (broad SMARTS) is 1. The first-order chi connectivity index (χ1) is 8.99. The van der Waals surface area contributed by atoms with Crippen LogP contribution < -0.4 is 5.32 Å². The maximum absolute atomic E-state index is 12.0. The van der Waals surface area contributed by atoms with Crippen LogP contribution in [0.3, 0.4) is 0 Å². The van der Waals surface area contributed by atoms with Crippen molar-refractivity contribution in [2.45, 2.75) is 13.8 Å². The Hall–Kier alpha value is -2.08. The van der Waals surface area contributed by atoms with Gasteiger partial charge in [-0.3, -0.25) is 4.79 Å². The van der Waals surface area contributed by atoms with E-state index >= 15 is 0 Å². The van der Waals surface area contributed by atoms with Crippen molar-refractivity contribution in [1.82, 2.24) is 10.3 Å². The smallest absolute Gasteiger partial charge is 0.352 e. The van der Waals surface area contributed by atoms with Crippen LogP contribution in [0.1, 0.15) is 32.1 Å². The summed E-state index contributed by atoms with van der Waals surface area (Å²) in [6, 6.07) is 0. The van der Waals surface area contributed by atoms with E-state index in [1.54, 1.807) is 19.9 Å². The molecule has 0 unspecified atom stereocenters. The number of hydrogen-bond donors (Lipinski definition) is 3. The van der Waals surface area contributed by atoms with Crippen LogP contribution in [0.4, 0.5) is 0 Å². The van der Waals surface area contributed by atoms with Crippen molar-refractivity contribution in [1.29, 1.82) is 0 Å². The lowest BCUT2D eigenvalue weighted by molar-refractivity contribution is 0.0690. The maximum Gasteiger partial charge on any atom is 0.352 e. The molecule has 0 bridgehead atoms. The summed E-state index contributed by atoms with van der Waals surface area (Å²) < 4.78 is 5.14. The van der Waals surface area contributed by atoms with Crippen LogP contribution in [-0.4, -0.2) is 41.7 Å². The van der Waals surface area contributed by atoms with Crippen molar-refractivity contribution in [3.63, 3.8) is 0 Å². The van der Waals surface area contributed by atoms with Gasteiger partial charge >= 0.3 is 5.97 Å². The number of aromatic carboxylic acids is 1. The Balaban J connectivity index is 2.67. The second kappa shape index (κ2) is 6.75. The third-order valence-corrected chi connectivity index (χ3v) is 2.65. The molecular formula is C13H18N2O4. The largest absolute Gasteiger partial charge is 0.477 e. The van der Waals surface area contributed by atoms with E-state index in [0.29, 0.717) is 36.6 Å². The number of carboxylic acids is 1. The van der Waals surface area contributed by atoms with Gasteiger partial charge in [0.2, 0.25) is 0 Å². The molecule has 0 aliphatic heterocycles. The molecular weight excluding hydrogens is 248 g/mol. The zero-order chi connectivity index (χ0) is 14.4. The highest BCUT2D eigenvalue weighted by Crippen LogP contribution is 2.17. The molecule has 1 rings (SSSR count). The van der Waals surface area contributed by atoms with Gasteiger partial charge in [0, 0.05) is 12.2 Å². The summed E-state index contributed by atoms with van der Waals surface area (Å²) in [6.07, 6.45) is 1.63. The number of carbonyl (C=O) groups excluding carboxylic acids is 1. The quantitative estimate of drug-likeness (QED) is 0.512. The average Bonchev–Trinajstić information content (AvgIpc) is 2.64. The molecule has 1 heterocycles. The fourth-order valence-electron chi connectivity index (χ4n) is 1.80. The molecule has 0 fully saturated rings. The fraction of sp³-hybridized carbons (Fsp3) is 0.385. The average molecular weight is 266 g/mol. The summed E-state index contributed by atoms with van der Waals surface area (Å²) in [5.74, 6) is -1.38. The van der Waals surface area contributed by atoms with Gasteiger partial charge < -0.3 is 20.1 Å². The molecule has 0 aromatic carbocycles. The highest BCUT2D eigenvalue weighted by atomic mass is 16.5. The number of aryl methyl sites for hydroxylation is 1. The third-order valence-electron chi connectivity index (χ3n) is 2.65. The monoisotopic (exact) mass is 266 g/mol. The number of amides is 1. The van der Waals surface area contributed by atoms with E-state index in [2.05, 4.69) is 16.9 Å². The molecule has 0 atom stereocenters. The predicted octanol–water partition coefficient (Wildman–Crippen LogP) is 1.26. The summed E-state index contributed by atoms with van der Waals surface area (Å²) >= 11 is 0. The number of aromatic amines is 1. The normalized spacial score (nSPS) is 10.2. The number of hydrogen-bond acceptors (Lipinski definition) is 3. The van der Waals surface area contributed by atoms with E-state index in [4.69, 9.17) is 9.84 Å². The van der Waals surface area contributed by atoms with Gasteiger partial charge in [0.25, 0.3) is 5.91 Å². The SMILES string of the molecule is C=CCOCCNC(=O)c1c(C)[nH]c(C(=O)O)c1C. The Morgan fingerprint density at radius 3 is 2.68 bits per heavy atom. The van der Waals surface area contributed by atoms with Crippen molar-refractivity contribution < 1.29 is 19.4 Å². The molecule has 6 heteroatoms. The fourth-order valence-corrected chi connectivity index (χ4v) is 1.80. The molecule has 0 spiro atoms. The zero-order valence-corrected chi connectivity index (χ0v) is 11.1. The van der Waals surface area contributed by atoms with Crippen LogP contribution in [0.15, 0.2) is 12.7 Å². The topological polar surface area (TPSA) is 91.4 Å². The van der Waals surface area contributed by atoms with Gasteiger partial charge in [0.1, 0.15) is 5.69 Å². The molecule has 6 nitrogen and oxygen atoms in total. The lowest BCUT2D eigenvalue weighted by atomic mass is 10.1. The number of aromatic nitrogens is 1. The summed E-state index contributed by atoms with van der Waals surface area (Å²) in [5, 5.41) is 11.6. The first kappa shape index (κ1) is 15.0. The lowest BCUT2D eigenvalue weighted by Gasteiger charge is -2.06. The Bertz CT molecular complexity index is 491. The molecule has 1 aromatic heterocycles. The van der Waals surface area contributed by atoms with Crippen LogP contribution in [0, 0.1) is 13.8 Å². The summed E-state index contributed by atoms with van der Waals surface area (Å²) in [5.41, 5.74) is 1.40. The Kier molecular flexibility index (Phi) is 5.32. The number of nitrogens with one attached hydrogen (secondary N) is 2. The molecule has 0 aliphatic carbocycles. The van der Waals surface area contributed by atoms with Crippen LogP contribution in [0.25, 0.3) is 0 Å². The molecule has 19 heavy (non-hydrogen) atoms. The van der Waals surface area contributed by atoms with Gasteiger partial charge in [-0.25, -0.2) is 4.79 Å². The van der Waals surface area contributed by atoms with E-state index in [0.717, 1.165) is 0 Å². The lowest BCUT2D eigenvalue weighted by Crippen LogP contribution is -2.28. The number of ether oxygens (including phenoxy) is 1. The highest BCUT2D eigenvalue weighted by molar-refractivity contribution is 6.00. The van der Waals surface area contributed by atoms with Gasteiger partial charge in [-0.2, -0.15) is 0 Å². The molecule has 1 aromatic rings. The van der Waals surface area contributed by atoms with E-state index in [9.17, 15) is 9.59 Å². The third kappa shape index (κ3) is 3.69. The van der Waals surface area contributed by atoms with Gasteiger partial charge in [0.15, 0.2) is 0 Å².